The molecular formula is C23H19N3O2. The highest BCUT2D eigenvalue weighted by Gasteiger charge is 2.32. The molecule has 3 aromatic rings. The number of benzene rings is 3. The van der Waals surface area contributed by atoms with Gasteiger partial charge in [0.1, 0.15) is 5.75 Å². The first-order chi connectivity index (χ1) is 13.7. The summed E-state index contributed by atoms with van der Waals surface area (Å²) in [6, 6.07) is 19.5. The van der Waals surface area contributed by atoms with Gasteiger partial charge >= 0.3 is 0 Å². The molecule has 0 spiro atoms. The van der Waals surface area contributed by atoms with E-state index in [-0.39, 0.29) is 5.91 Å². The van der Waals surface area contributed by atoms with E-state index < -0.39 is 0 Å². The SMILES string of the molecule is C=CCN1C(=O)/C(=N/N=C/c2c(OC)ccc3ccccc23)c2ccccc21. The zero-order valence-electron chi connectivity index (χ0n) is 15.5. The van der Waals surface area contributed by atoms with E-state index in [1.807, 2.05) is 60.7 Å². The fourth-order valence-corrected chi connectivity index (χ4v) is 3.40. The van der Waals surface area contributed by atoms with Crippen LogP contribution in [0.25, 0.3) is 10.8 Å². The van der Waals surface area contributed by atoms with Crippen LogP contribution < -0.4 is 9.64 Å². The van der Waals surface area contributed by atoms with Gasteiger partial charge in [0.05, 0.1) is 19.0 Å². The summed E-state index contributed by atoms with van der Waals surface area (Å²) in [6.07, 6.45) is 3.34. The molecule has 1 amide bonds. The summed E-state index contributed by atoms with van der Waals surface area (Å²) in [7, 11) is 1.62. The van der Waals surface area contributed by atoms with Crippen LogP contribution in [-0.2, 0) is 4.79 Å². The Morgan fingerprint density at radius 3 is 2.68 bits per heavy atom. The van der Waals surface area contributed by atoms with Crippen molar-refractivity contribution in [1.82, 2.24) is 0 Å². The fourth-order valence-electron chi connectivity index (χ4n) is 3.40. The van der Waals surface area contributed by atoms with Crippen molar-refractivity contribution in [2.24, 2.45) is 10.2 Å². The van der Waals surface area contributed by atoms with Gasteiger partial charge in [-0.25, -0.2) is 0 Å². The van der Waals surface area contributed by atoms with E-state index >= 15 is 0 Å². The van der Waals surface area contributed by atoms with Crippen molar-refractivity contribution < 1.29 is 9.53 Å². The molecule has 0 saturated carbocycles. The van der Waals surface area contributed by atoms with Crippen LogP contribution in [0.15, 0.2) is 83.5 Å². The molecular weight excluding hydrogens is 350 g/mol. The number of amides is 1. The Hall–Kier alpha value is -3.73. The van der Waals surface area contributed by atoms with Gasteiger partial charge in [-0.2, -0.15) is 5.10 Å². The highest BCUT2D eigenvalue weighted by molar-refractivity contribution is 6.54. The Balaban J connectivity index is 1.76. The van der Waals surface area contributed by atoms with Crippen LogP contribution in [0.1, 0.15) is 11.1 Å². The number of carbonyl (C=O) groups is 1. The van der Waals surface area contributed by atoms with Crippen molar-refractivity contribution >= 4 is 34.3 Å². The maximum atomic E-state index is 12.8. The summed E-state index contributed by atoms with van der Waals surface area (Å²) >= 11 is 0. The zero-order valence-corrected chi connectivity index (χ0v) is 15.5. The smallest absolute Gasteiger partial charge is 0.279 e. The van der Waals surface area contributed by atoms with Crippen molar-refractivity contribution in [3.05, 3.63) is 84.4 Å². The second-order valence-electron chi connectivity index (χ2n) is 6.32. The molecule has 1 aliphatic heterocycles. The predicted molar refractivity (Wildman–Crippen MR) is 114 cm³/mol. The van der Waals surface area contributed by atoms with Gasteiger partial charge in [-0.05, 0) is 22.9 Å². The second kappa shape index (κ2) is 7.48. The summed E-state index contributed by atoms with van der Waals surface area (Å²) < 4.78 is 5.48. The Morgan fingerprint density at radius 1 is 1.07 bits per heavy atom. The van der Waals surface area contributed by atoms with Gasteiger partial charge in [-0.1, -0.05) is 54.6 Å². The lowest BCUT2D eigenvalue weighted by Crippen LogP contribution is -2.30. The minimum atomic E-state index is -0.178. The molecule has 0 unspecified atom stereocenters. The van der Waals surface area contributed by atoms with Crippen molar-refractivity contribution in [3.8, 4) is 5.75 Å². The summed E-state index contributed by atoms with van der Waals surface area (Å²) in [5, 5.41) is 10.6. The number of ether oxygens (including phenoxy) is 1. The lowest BCUT2D eigenvalue weighted by molar-refractivity contribution is -0.112. The van der Waals surface area contributed by atoms with Gasteiger partial charge in [0.25, 0.3) is 5.91 Å². The summed E-state index contributed by atoms with van der Waals surface area (Å²) in [6.45, 7) is 4.16. The molecule has 0 saturated heterocycles. The predicted octanol–water partition coefficient (Wildman–Crippen LogP) is 4.20. The number of carbonyl (C=O) groups excluding carboxylic acids is 1. The Morgan fingerprint density at radius 2 is 1.86 bits per heavy atom. The van der Waals surface area contributed by atoms with E-state index in [1.54, 1.807) is 24.3 Å². The number of hydrogen-bond donors (Lipinski definition) is 0. The normalized spacial score (nSPS) is 14.8. The van der Waals surface area contributed by atoms with Crippen LogP contribution in [0, 0.1) is 0 Å². The van der Waals surface area contributed by atoms with E-state index in [2.05, 4.69) is 16.8 Å². The average Bonchev–Trinajstić information content (AvgIpc) is 3.00. The van der Waals surface area contributed by atoms with Gasteiger partial charge < -0.3 is 9.64 Å². The van der Waals surface area contributed by atoms with Crippen LogP contribution in [-0.4, -0.2) is 31.5 Å². The van der Waals surface area contributed by atoms with E-state index in [1.165, 1.54) is 0 Å². The fraction of sp³-hybridized carbons (Fsp3) is 0.0870. The molecule has 0 N–H and O–H groups in total. The molecule has 0 bridgehead atoms. The topological polar surface area (TPSA) is 54.3 Å². The van der Waals surface area contributed by atoms with Gasteiger partial charge in [0.15, 0.2) is 5.71 Å². The molecule has 138 valence electrons. The molecule has 5 nitrogen and oxygen atoms in total. The van der Waals surface area contributed by atoms with Gasteiger partial charge in [0.2, 0.25) is 0 Å². The zero-order chi connectivity index (χ0) is 19.5. The first-order valence-electron chi connectivity index (χ1n) is 8.93. The molecule has 0 fully saturated rings. The van der Waals surface area contributed by atoms with Crippen LogP contribution in [0.5, 0.6) is 5.75 Å². The molecule has 1 aliphatic rings. The largest absolute Gasteiger partial charge is 0.496 e. The number of hydrogen-bond acceptors (Lipinski definition) is 4. The standard InChI is InChI=1S/C23H19N3O2/c1-3-14-26-20-11-7-6-10-18(20)22(23(26)27)25-24-15-19-17-9-5-4-8-16(17)12-13-21(19)28-2/h3-13,15H,1,14H2,2H3/b24-15+,25-22+. The highest BCUT2D eigenvalue weighted by Crippen LogP contribution is 2.29. The summed E-state index contributed by atoms with van der Waals surface area (Å²) in [5.41, 5.74) is 2.75. The van der Waals surface area contributed by atoms with Crippen molar-refractivity contribution in [2.45, 2.75) is 0 Å². The Bertz CT molecular complexity index is 1130. The van der Waals surface area contributed by atoms with Gasteiger partial charge in [-0.3, -0.25) is 4.79 Å². The number of fused-ring (bicyclic) bond motifs is 2. The van der Waals surface area contributed by atoms with Crippen molar-refractivity contribution in [3.63, 3.8) is 0 Å². The molecule has 28 heavy (non-hydrogen) atoms. The van der Waals surface area contributed by atoms with Gasteiger partial charge in [0, 0.05) is 17.7 Å². The van der Waals surface area contributed by atoms with E-state index in [0.717, 1.165) is 27.6 Å². The highest BCUT2D eigenvalue weighted by atomic mass is 16.5. The van der Waals surface area contributed by atoms with Crippen molar-refractivity contribution in [1.29, 1.82) is 0 Å². The number of nitrogens with zero attached hydrogens (tertiary/aromatic N) is 3. The monoisotopic (exact) mass is 369 g/mol. The molecule has 0 aromatic heterocycles. The lowest BCUT2D eigenvalue weighted by Gasteiger charge is -2.13. The van der Waals surface area contributed by atoms with Gasteiger partial charge in [-0.15, -0.1) is 11.7 Å². The van der Waals surface area contributed by atoms with Crippen LogP contribution in [0.3, 0.4) is 0 Å². The molecule has 0 atom stereocenters. The third-order valence-corrected chi connectivity index (χ3v) is 4.70. The van der Waals surface area contributed by atoms with E-state index in [4.69, 9.17) is 4.74 Å². The van der Waals surface area contributed by atoms with Crippen LogP contribution in [0.4, 0.5) is 5.69 Å². The maximum Gasteiger partial charge on any atom is 0.279 e. The molecule has 4 rings (SSSR count). The number of para-hydroxylation sites is 1. The molecule has 0 radical (unpaired) electrons. The lowest BCUT2D eigenvalue weighted by atomic mass is 10.0. The van der Waals surface area contributed by atoms with E-state index in [9.17, 15) is 4.79 Å². The van der Waals surface area contributed by atoms with Crippen LogP contribution in [0.2, 0.25) is 0 Å². The summed E-state index contributed by atoms with van der Waals surface area (Å²) in [4.78, 5) is 14.4. The minimum absolute atomic E-state index is 0.178. The Labute approximate surface area is 163 Å². The third-order valence-electron chi connectivity index (χ3n) is 4.70. The average molecular weight is 369 g/mol. The Kier molecular flexibility index (Phi) is 4.72. The molecule has 1 heterocycles. The number of methoxy groups -OCH3 is 1. The number of rotatable bonds is 5. The first-order valence-corrected chi connectivity index (χ1v) is 8.93. The molecule has 0 aliphatic carbocycles. The van der Waals surface area contributed by atoms with Crippen molar-refractivity contribution in [2.75, 3.05) is 18.6 Å². The summed E-state index contributed by atoms with van der Waals surface area (Å²) in [5.74, 6) is 0.525. The minimum Gasteiger partial charge on any atom is -0.496 e. The third kappa shape index (κ3) is 2.97. The molecule has 3 aromatic carbocycles. The maximum absolute atomic E-state index is 12.8. The second-order valence-corrected chi connectivity index (χ2v) is 6.32. The van der Waals surface area contributed by atoms with Crippen LogP contribution >= 0.6 is 0 Å². The number of anilines is 1. The molecule has 5 heteroatoms. The van der Waals surface area contributed by atoms with E-state index in [0.29, 0.717) is 18.0 Å². The quantitative estimate of drug-likeness (QED) is 0.384. The first kappa shape index (κ1) is 17.7.